The fraction of sp³-hybridized carbons (Fsp3) is 0.842. The van der Waals surface area contributed by atoms with Crippen molar-refractivity contribution in [3.05, 3.63) is 12.7 Å². The van der Waals surface area contributed by atoms with E-state index in [0.717, 1.165) is 44.5 Å². The number of aliphatic imine (C=N–C) groups is 1. The molecule has 7 heteroatoms. The van der Waals surface area contributed by atoms with Gasteiger partial charge in [0.1, 0.15) is 12.7 Å². The molecule has 146 valence electrons. The summed E-state index contributed by atoms with van der Waals surface area (Å²) >= 11 is 0. The summed E-state index contributed by atoms with van der Waals surface area (Å²) in [5, 5.41) is 14.7. The van der Waals surface area contributed by atoms with Gasteiger partial charge in [0, 0.05) is 44.8 Å². The molecule has 1 aromatic rings. The number of nitrogens with zero attached hydrogens (tertiary/aromatic N) is 5. The second-order valence-electron chi connectivity index (χ2n) is 7.56. The van der Waals surface area contributed by atoms with Crippen LogP contribution in [0.15, 0.2) is 17.6 Å². The van der Waals surface area contributed by atoms with Gasteiger partial charge in [0.25, 0.3) is 0 Å². The molecule has 1 aliphatic heterocycles. The highest BCUT2D eigenvalue weighted by molar-refractivity contribution is 5.80. The Kier molecular flexibility index (Phi) is 7.73. The van der Waals surface area contributed by atoms with E-state index in [9.17, 15) is 0 Å². The minimum atomic E-state index is 0.558. The molecule has 1 saturated heterocycles. The second-order valence-corrected chi connectivity index (χ2v) is 7.56. The molecule has 2 fully saturated rings. The Morgan fingerprint density at radius 3 is 2.50 bits per heavy atom. The van der Waals surface area contributed by atoms with Crippen molar-refractivity contribution in [1.29, 1.82) is 0 Å². The Balaban J connectivity index is 1.35. The summed E-state index contributed by atoms with van der Waals surface area (Å²) in [6, 6.07) is 1.42. The van der Waals surface area contributed by atoms with Crippen molar-refractivity contribution >= 4 is 5.96 Å². The van der Waals surface area contributed by atoms with Crippen LogP contribution in [-0.4, -0.2) is 63.9 Å². The van der Waals surface area contributed by atoms with Crippen molar-refractivity contribution < 1.29 is 0 Å². The molecule has 2 heterocycles. The Morgan fingerprint density at radius 1 is 1.08 bits per heavy atom. The molecule has 1 saturated carbocycles. The number of nitrogens with one attached hydrogen (secondary N) is 2. The van der Waals surface area contributed by atoms with E-state index in [1.165, 1.54) is 51.6 Å². The third-order valence-electron chi connectivity index (χ3n) is 5.62. The van der Waals surface area contributed by atoms with Gasteiger partial charge in [0.05, 0.1) is 0 Å². The van der Waals surface area contributed by atoms with Gasteiger partial charge in [-0.2, -0.15) is 0 Å². The Bertz CT molecular complexity index is 514. The fourth-order valence-corrected chi connectivity index (χ4v) is 4.13. The van der Waals surface area contributed by atoms with Gasteiger partial charge in [0.2, 0.25) is 0 Å². The van der Waals surface area contributed by atoms with Crippen LogP contribution in [0.25, 0.3) is 0 Å². The number of aryl methyl sites for hydroxylation is 1. The molecule has 1 aromatic heterocycles. The molecule has 2 aliphatic rings. The minimum absolute atomic E-state index is 0.558. The summed E-state index contributed by atoms with van der Waals surface area (Å²) in [4.78, 5) is 7.49. The summed E-state index contributed by atoms with van der Waals surface area (Å²) in [5.74, 6) is 0.983. The molecule has 2 N–H and O–H groups in total. The summed E-state index contributed by atoms with van der Waals surface area (Å²) < 4.78 is 2.02. The van der Waals surface area contributed by atoms with Crippen molar-refractivity contribution in [3.8, 4) is 0 Å². The van der Waals surface area contributed by atoms with Crippen LogP contribution < -0.4 is 10.6 Å². The first-order chi connectivity index (χ1) is 12.8. The predicted octanol–water partition coefficient (Wildman–Crippen LogP) is 2.02. The number of rotatable bonds is 8. The molecule has 7 nitrogen and oxygen atoms in total. The van der Waals surface area contributed by atoms with E-state index >= 15 is 0 Å². The van der Waals surface area contributed by atoms with E-state index in [1.54, 1.807) is 12.7 Å². The van der Waals surface area contributed by atoms with Crippen LogP contribution in [0.4, 0.5) is 0 Å². The minimum Gasteiger partial charge on any atom is -0.357 e. The first-order valence-corrected chi connectivity index (χ1v) is 10.5. The number of hydrogen-bond donors (Lipinski definition) is 2. The van der Waals surface area contributed by atoms with Crippen LogP contribution in [-0.2, 0) is 6.54 Å². The molecule has 1 aliphatic carbocycles. The third kappa shape index (κ3) is 5.97. The Labute approximate surface area is 157 Å². The maximum absolute atomic E-state index is 4.76. The molecule has 0 spiro atoms. The number of likely N-dealkylation sites (tertiary alicyclic amines) is 1. The molecule has 0 amide bonds. The maximum Gasteiger partial charge on any atom is 0.191 e. The summed E-state index contributed by atoms with van der Waals surface area (Å²) in [5.41, 5.74) is 0. The van der Waals surface area contributed by atoms with Crippen molar-refractivity contribution in [3.63, 3.8) is 0 Å². The first kappa shape index (κ1) is 19.1. The molecule has 3 rings (SSSR count). The van der Waals surface area contributed by atoms with E-state index in [0.29, 0.717) is 6.04 Å². The normalized spacial score (nSPS) is 20.6. The standard InChI is InChI=1S/C19H35N7/c1-2-20-19(21-11-5-6-12-25-15-22-23-16-25)24-17-9-13-26(14-10-17)18-7-3-4-8-18/h15-18H,2-14H2,1H3,(H2,20,21,24). The molecule has 0 unspecified atom stereocenters. The first-order valence-electron chi connectivity index (χ1n) is 10.5. The summed E-state index contributed by atoms with van der Waals surface area (Å²) in [6.45, 7) is 7.34. The maximum atomic E-state index is 4.76. The van der Waals surface area contributed by atoms with Crippen LogP contribution in [0.3, 0.4) is 0 Å². The van der Waals surface area contributed by atoms with E-state index < -0.39 is 0 Å². The predicted molar refractivity (Wildman–Crippen MR) is 105 cm³/mol. The van der Waals surface area contributed by atoms with Crippen molar-refractivity contribution in [2.24, 2.45) is 4.99 Å². The van der Waals surface area contributed by atoms with Gasteiger partial charge in [-0.25, -0.2) is 0 Å². The zero-order chi connectivity index (χ0) is 18.0. The fourth-order valence-electron chi connectivity index (χ4n) is 4.13. The lowest BCUT2D eigenvalue weighted by Gasteiger charge is -2.36. The SMILES string of the molecule is CCNC(=NCCCCn1cnnc1)NC1CCN(C2CCCC2)CC1. The number of guanidine groups is 1. The van der Waals surface area contributed by atoms with E-state index in [-0.39, 0.29) is 0 Å². The van der Waals surface area contributed by atoms with Crippen LogP contribution in [0.1, 0.15) is 58.3 Å². The van der Waals surface area contributed by atoms with Crippen molar-refractivity contribution in [1.82, 2.24) is 30.3 Å². The number of hydrogen-bond acceptors (Lipinski definition) is 4. The van der Waals surface area contributed by atoms with E-state index in [1.807, 2.05) is 4.57 Å². The Morgan fingerprint density at radius 2 is 1.81 bits per heavy atom. The van der Waals surface area contributed by atoms with Gasteiger partial charge in [0.15, 0.2) is 5.96 Å². The molecule has 0 radical (unpaired) electrons. The van der Waals surface area contributed by atoms with E-state index in [4.69, 9.17) is 4.99 Å². The quantitative estimate of drug-likeness (QED) is 0.421. The van der Waals surface area contributed by atoms with Crippen LogP contribution in [0, 0.1) is 0 Å². The van der Waals surface area contributed by atoms with Crippen LogP contribution in [0.5, 0.6) is 0 Å². The lowest BCUT2D eigenvalue weighted by atomic mass is 10.0. The van der Waals surface area contributed by atoms with E-state index in [2.05, 4.69) is 32.7 Å². The highest BCUT2D eigenvalue weighted by Gasteiger charge is 2.27. The van der Waals surface area contributed by atoms with Gasteiger partial charge >= 0.3 is 0 Å². The largest absolute Gasteiger partial charge is 0.357 e. The zero-order valence-electron chi connectivity index (χ0n) is 16.2. The summed E-state index contributed by atoms with van der Waals surface area (Å²) in [6.07, 6.45) is 13.9. The lowest BCUT2D eigenvalue weighted by Crippen LogP contribution is -2.50. The molecule has 0 atom stereocenters. The molecular weight excluding hydrogens is 326 g/mol. The molecular formula is C19H35N7. The van der Waals surface area contributed by atoms with Gasteiger partial charge in [-0.1, -0.05) is 12.8 Å². The molecule has 0 aromatic carbocycles. The number of unbranched alkanes of at least 4 members (excludes halogenated alkanes) is 1. The molecule has 26 heavy (non-hydrogen) atoms. The second kappa shape index (κ2) is 10.5. The van der Waals surface area contributed by atoms with Gasteiger partial charge in [-0.15, -0.1) is 10.2 Å². The van der Waals surface area contributed by atoms with Crippen molar-refractivity contribution in [2.75, 3.05) is 26.2 Å². The lowest BCUT2D eigenvalue weighted by molar-refractivity contribution is 0.150. The average Bonchev–Trinajstić information content (AvgIpc) is 3.36. The van der Waals surface area contributed by atoms with Gasteiger partial charge in [-0.3, -0.25) is 4.99 Å². The highest BCUT2D eigenvalue weighted by Crippen LogP contribution is 2.26. The summed E-state index contributed by atoms with van der Waals surface area (Å²) in [7, 11) is 0. The molecule has 0 bridgehead atoms. The topological polar surface area (TPSA) is 70.4 Å². The van der Waals surface area contributed by atoms with Crippen LogP contribution >= 0.6 is 0 Å². The third-order valence-corrected chi connectivity index (χ3v) is 5.62. The average molecular weight is 362 g/mol. The highest BCUT2D eigenvalue weighted by atomic mass is 15.2. The smallest absolute Gasteiger partial charge is 0.191 e. The number of aromatic nitrogens is 3. The zero-order valence-corrected chi connectivity index (χ0v) is 16.2. The van der Waals surface area contributed by atoms with Crippen molar-refractivity contribution in [2.45, 2.75) is 76.9 Å². The Hall–Kier alpha value is -1.63. The number of piperidine rings is 1. The monoisotopic (exact) mass is 361 g/mol. The van der Waals surface area contributed by atoms with Gasteiger partial charge < -0.3 is 20.1 Å². The van der Waals surface area contributed by atoms with Crippen LogP contribution in [0.2, 0.25) is 0 Å². The van der Waals surface area contributed by atoms with Gasteiger partial charge in [-0.05, 0) is 45.4 Å².